The first-order chi connectivity index (χ1) is 9.11. The Morgan fingerprint density at radius 3 is 2.68 bits per heavy atom. The quantitative estimate of drug-likeness (QED) is 0.872. The van der Waals surface area contributed by atoms with Crippen LogP contribution in [0.5, 0.6) is 0 Å². The molecule has 2 N–H and O–H groups in total. The minimum Gasteiger partial charge on any atom is -0.421 e. The first-order valence-corrected chi connectivity index (χ1v) is 5.99. The number of para-hydroxylation sites is 1. The van der Waals surface area contributed by atoms with Gasteiger partial charge in [0.15, 0.2) is 0 Å². The van der Waals surface area contributed by atoms with Crippen LogP contribution in [-0.2, 0) is 4.79 Å². The lowest BCUT2D eigenvalue weighted by molar-refractivity contribution is -0.117. The van der Waals surface area contributed by atoms with E-state index < -0.39 is 0 Å². The Morgan fingerprint density at radius 1 is 1.32 bits per heavy atom. The van der Waals surface area contributed by atoms with E-state index in [-0.39, 0.29) is 11.9 Å². The molecule has 0 fully saturated rings. The number of anilines is 1. The summed E-state index contributed by atoms with van der Waals surface area (Å²) < 4.78 is 5.39. The van der Waals surface area contributed by atoms with E-state index in [9.17, 15) is 4.79 Å². The van der Waals surface area contributed by atoms with Crippen molar-refractivity contribution >= 4 is 11.6 Å². The van der Waals surface area contributed by atoms with Crippen LogP contribution in [0.15, 0.2) is 28.7 Å². The molecule has 0 aliphatic carbocycles. The van der Waals surface area contributed by atoms with Crippen molar-refractivity contribution in [2.24, 2.45) is 0 Å². The molecule has 0 radical (unpaired) electrons. The summed E-state index contributed by atoms with van der Waals surface area (Å²) in [5, 5.41) is 13.5. The summed E-state index contributed by atoms with van der Waals surface area (Å²) in [6.07, 6.45) is 0. The van der Waals surface area contributed by atoms with Gasteiger partial charge in [-0.3, -0.25) is 4.79 Å². The number of aryl methyl sites for hydroxylation is 1. The van der Waals surface area contributed by atoms with Crippen molar-refractivity contribution in [2.45, 2.75) is 19.9 Å². The number of hydrogen-bond acceptors (Lipinski definition) is 5. The normalized spacial score (nSPS) is 12.2. The van der Waals surface area contributed by atoms with Gasteiger partial charge in [0, 0.05) is 6.92 Å². The van der Waals surface area contributed by atoms with Crippen molar-refractivity contribution in [3.8, 4) is 11.5 Å². The fraction of sp³-hybridized carbons (Fsp3) is 0.308. The fourth-order valence-corrected chi connectivity index (χ4v) is 1.56. The maximum atomic E-state index is 11.9. The van der Waals surface area contributed by atoms with Gasteiger partial charge in [0.1, 0.15) is 0 Å². The van der Waals surface area contributed by atoms with Crippen LogP contribution in [0.1, 0.15) is 12.8 Å². The number of likely N-dealkylation sites (N-methyl/N-ethyl adjacent to an activating group) is 1. The molecule has 1 aromatic heterocycles. The number of nitrogens with one attached hydrogen (secondary N) is 2. The standard InChI is InChI=1S/C13H16N4O2/c1-8(14-3)12(18)15-11-7-5-4-6-10(11)13-17-16-9(2)19-13/h4-8,14H,1-3H3,(H,15,18). The summed E-state index contributed by atoms with van der Waals surface area (Å²) in [6.45, 7) is 3.51. The van der Waals surface area contributed by atoms with Crippen molar-refractivity contribution in [3.63, 3.8) is 0 Å². The van der Waals surface area contributed by atoms with Gasteiger partial charge in [-0.15, -0.1) is 10.2 Å². The van der Waals surface area contributed by atoms with Crippen molar-refractivity contribution in [3.05, 3.63) is 30.2 Å². The van der Waals surface area contributed by atoms with Crippen molar-refractivity contribution < 1.29 is 9.21 Å². The molecule has 6 heteroatoms. The molecule has 19 heavy (non-hydrogen) atoms. The monoisotopic (exact) mass is 260 g/mol. The SMILES string of the molecule is CNC(C)C(=O)Nc1ccccc1-c1nnc(C)o1. The zero-order valence-electron chi connectivity index (χ0n) is 11.1. The number of rotatable bonds is 4. The number of benzene rings is 1. The van der Waals surface area contributed by atoms with Crippen LogP contribution in [0, 0.1) is 6.92 Å². The average Bonchev–Trinajstić information content (AvgIpc) is 2.85. The lowest BCUT2D eigenvalue weighted by Crippen LogP contribution is -2.35. The highest BCUT2D eigenvalue weighted by molar-refractivity contribution is 5.97. The third-order valence-corrected chi connectivity index (χ3v) is 2.77. The topological polar surface area (TPSA) is 80.0 Å². The Balaban J connectivity index is 2.29. The second kappa shape index (κ2) is 5.62. The molecule has 0 saturated carbocycles. The van der Waals surface area contributed by atoms with E-state index in [2.05, 4.69) is 20.8 Å². The number of hydrogen-bond donors (Lipinski definition) is 2. The predicted molar refractivity (Wildman–Crippen MR) is 71.6 cm³/mol. The maximum Gasteiger partial charge on any atom is 0.249 e. The van der Waals surface area contributed by atoms with Gasteiger partial charge >= 0.3 is 0 Å². The number of amides is 1. The van der Waals surface area contributed by atoms with E-state index in [1.807, 2.05) is 18.2 Å². The van der Waals surface area contributed by atoms with Crippen LogP contribution >= 0.6 is 0 Å². The number of aromatic nitrogens is 2. The lowest BCUT2D eigenvalue weighted by Gasteiger charge is -2.12. The molecular weight excluding hydrogens is 244 g/mol. The van der Waals surface area contributed by atoms with Crippen LogP contribution < -0.4 is 10.6 Å². The zero-order valence-corrected chi connectivity index (χ0v) is 11.1. The molecule has 0 bridgehead atoms. The van der Waals surface area contributed by atoms with Crippen molar-refractivity contribution in [1.82, 2.24) is 15.5 Å². The smallest absolute Gasteiger partial charge is 0.249 e. The molecule has 0 aliphatic rings. The maximum absolute atomic E-state index is 11.9. The zero-order chi connectivity index (χ0) is 13.8. The van der Waals surface area contributed by atoms with Crippen molar-refractivity contribution in [2.75, 3.05) is 12.4 Å². The Kier molecular flexibility index (Phi) is 3.91. The molecule has 1 aromatic carbocycles. The number of carbonyl (C=O) groups is 1. The molecule has 1 unspecified atom stereocenters. The summed E-state index contributed by atoms with van der Waals surface area (Å²) in [4.78, 5) is 11.9. The van der Waals surface area contributed by atoms with Gasteiger partial charge < -0.3 is 15.1 Å². The minimum absolute atomic E-state index is 0.119. The van der Waals surface area contributed by atoms with Crippen molar-refractivity contribution in [1.29, 1.82) is 0 Å². The van der Waals surface area contributed by atoms with Gasteiger partial charge in [-0.05, 0) is 26.1 Å². The third-order valence-electron chi connectivity index (χ3n) is 2.77. The first-order valence-electron chi connectivity index (χ1n) is 5.99. The molecule has 6 nitrogen and oxygen atoms in total. The minimum atomic E-state index is -0.280. The molecule has 1 heterocycles. The summed E-state index contributed by atoms with van der Waals surface area (Å²) >= 11 is 0. The van der Waals surface area contributed by atoms with Gasteiger partial charge in [-0.2, -0.15) is 0 Å². The number of nitrogens with zero attached hydrogens (tertiary/aromatic N) is 2. The van der Waals surface area contributed by atoms with E-state index in [0.29, 0.717) is 23.0 Å². The molecule has 1 amide bonds. The van der Waals surface area contributed by atoms with Gasteiger partial charge in [0.05, 0.1) is 17.3 Å². The molecule has 100 valence electrons. The molecule has 2 aromatic rings. The van der Waals surface area contributed by atoms with Gasteiger partial charge in [-0.1, -0.05) is 12.1 Å². The Morgan fingerprint density at radius 2 is 2.05 bits per heavy atom. The molecular formula is C13H16N4O2. The highest BCUT2D eigenvalue weighted by Gasteiger charge is 2.15. The molecule has 1 atom stereocenters. The second-order valence-electron chi connectivity index (χ2n) is 4.17. The number of carbonyl (C=O) groups excluding carboxylic acids is 1. The fourth-order valence-electron chi connectivity index (χ4n) is 1.56. The van der Waals surface area contributed by atoms with E-state index in [1.54, 1.807) is 27.0 Å². The van der Waals surface area contributed by atoms with Gasteiger partial charge in [-0.25, -0.2) is 0 Å². The Hall–Kier alpha value is -2.21. The van der Waals surface area contributed by atoms with Crippen LogP contribution in [0.25, 0.3) is 11.5 Å². The summed E-state index contributed by atoms with van der Waals surface area (Å²) in [5.74, 6) is 0.761. The summed E-state index contributed by atoms with van der Waals surface area (Å²) in [6, 6.07) is 7.04. The molecule has 0 saturated heterocycles. The van der Waals surface area contributed by atoms with E-state index in [0.717, 1.165) is 0 Å². The third kappa shape index (κ3) is 2.97. The predicted octanol–water partition coefficient (Wildman–Crippen LogP) is 1.59. The lowest BCUT2D eigenvalue weighted by atomic mass is 10.1. The average molecular weight is 260 g/mol. The Bertz CT molecular complexity index is 580. The molecule has 0 aliphatic heterocycles. The van der Waals surface area contributed by atoms with Crippen LogP contribution in [-0.4, -0.2) is 29.2 Å². The summed E-state index contributed by atoms with van der Waals surface area (Å²) in [5.41, 5.74) is 1.36. The van der Waals surface area contributed by atoms with Gasteiger partial charge in [0.25, 0.3) is 0 Å². The highest BCUT2D eigenvalue weighted by Crippen LogP contribution is 2.26. The van der Waals surface area contributed by atoms with E-state index in [4.69, 9.17) is 4.42 Å². The Labute approximate surface area is 111 Å². The molecule has 2 rings (SSSR count). The second-order valence-corrected chi connectivity index (χ2v) is 4.17. The summed E-state index contributed by atoms with van der Waals surface area (Å²) in [7, 11) is 1.73. The van der Waals surface area contributed by atoms with E-state index in [1.165, 1.54) is 0 Å². The molecule has 0 spiro atoms. The van der Waals surface area contributed by atoms with Crippen LogP contribution in [0.3, 0.4) is 0 Å². The van der Waals surface area contributed by atoms with Gasteiger partial charge in [0.2, 0.25) is 17.7 Å². The largest absolute Gasteiger partial charge is 0.421 e. The van der Waals surface area contributed by atoms with Crippen LogP contribution in [0.4, 0.5) is 5.69 Å². The van der Waals surface area contributed by atoms with Crippen LogP contribution in [0.2, 0.25) is 0 Å². The van der Waals surface area contributed by atoms with E-state index >= 15 is 0 Å². The highest BCUT2D eigenvalue weighted by atomic mass is 16.4. The first kappa shape index (κ1) is 13.2.